The third-order valence-electron chi connectivity index (χ3n) is 5.37. The number of morpholine rings is 1. The Balaban J connectivity index is 1.41. The molecule has 1 atom stereocenters. The molecule has 2 N–H and O–H groups in total. The Hall–Kier alpha value is -3.17. The molecule has 2 aromatic carbocycles. The second-order valence-electron chi connectivity index (χ2n) is 7.78. The summed E-state index contributed by atoms with van der Waals surface area (Å²) in [5.74, 6) is 0.00432. The predicted molar refractivity (Wildman–Crippen MR) is 118 cm³/mol. The molecular weight excluding hydrogens is 434 g/mol. The zero-order valence-electron chi connectivity index (χ0n) is 17.4. The molecular formula is C22H24ClN5O4. The molecule has 10 heteroatoms. The number of para-hydroxylation sites is 1. The minimum atomic E-state index is -1.01. The van der Waals surface area contributed by atoms with Crippen molar-refractivity contribution in [1.82, 2.24) is 19.9 Å². The Morgan fingerprint density at radius 1 is 1.19 bits per heavy atom. The lowest BCUT2D eigenvalue weighted by Crippen LogP contribution is -2.58. The monoisotopic (exact) mass is 457 g/mol. The standard InChI is InChI=1S/C22H24ClN5O4/c23-16-5-7-17(8-6-16)31-15-22(13-20(24)29)14-27(11-12-32-22)21(30)9-10-28-19-4-2-1-3-18(19)25-26-28/h1-8H,9-15H2,(H2,24,29)/t22-/m0/s1. The minimum Gasteiger partial charge on any atom is -0.490 e. The first-order valence-corrected chi connectivity index (χ1v) is 10.7. The molecule has 0 unspecified atom stereocenters. The number of benzene rings is 2. The topological polar surface area (TPSA) is 113 Å². The average Bonchev–Trinajstić information content (AvgIpc) is 3.20. The van der Waals surface area contributed by atoms with Gasteiger partial charge in [0.05, 0.1) is 31.6 Å². The van der Waals surface area contributed by atoms with E-state index >= 15 is 0 Å². The summed E-state index contributed by atoms with van der Waals surface area (Å²) in [6.45, 7) is 1.41. The summed E-state index contributed by atoms with van der Waals surface area (Å²) in [5.41, 5.74) is 6.13. The van der Waals surface area contributed by atoms with Gasteiger partial charge >= 0.3 is 0 Å². The highest BCUT2D eigenvalue weighted by atomic mass is 35.5. The van der Waals surface area contributed by atoms with E-state index < -0.39 is 11.5 Å². The largest absolute Gasteiger partial charge is 0.490 e. The number of hydrogen-bond donors (Lipinski definition) is 1. The number of fused-ring (bicyclic) bond motifs is 1. The number of carbonyl (C=O) groups is 2. The number of carbonyl (C=O) groups excluding carboxylic acids is 2. The normalized spacial score (nSPS) is 18.6. The minimum absolute atomic E-state index is 0.0575. The number of ether oxygens (including phenoxy) is 2. The molecule has 0 radical (unpaired) electrons. The van der Waals surface area contributed by atoms with Gasteiger partial charge < -0.3 is 20.1 Å². The van der Waals surface area contributed by atoms with Gasteiger partial charge in [-0.05, 0) is 36.4 Å². The van der Waals surface area contributed by atoms with Crippen molar-refractivity contribution in [2.24, 2.45) is 5.73 Å². The van der Waals surface area contributed by atoms with Gasteiger partial charge in [-0.3, -0.25) is 9.59 Å². The van der Waals surface area contributed by atoms with Crippen molar-refractivity contribution in [2.75, 3.05) is 26.3 Å². The van der Waals surface area contributed by atoms with Gasteiger partial charge in [0.15, 0.2) is 0 Å². The van der Waals surface area contributed by atoms with Crippen LogP contribution in [-0.2, 0) is 20.9 Å². The third-order valence-corrected chi connectivity index (χ3v) is 5.62. The second kappa shape index (κ2) is 9.54. The second-order valence-corrected chi connectivity index (χ2v) is 8.22. The molecule has 0 aliphatic carbocycles. The highest BCUT2D eigenvalue weighted by molar-refractivity contribution is 6.30. The number of aromatic nitrogens is 3. The zero-order chi connectivity index (χ0) is 22.6. The van der Waals surface area contributed by atoms with Gasteiger partial charge in [0.25, 0.3) is 0 Å². The Kier molecular flexibility index (Phi) is 6.57. The molecule has 4 rings (SSSR count). The number of rotatable bonds is 8. The van der Waals surface area contributed by atoms with Crippen LogP contribution < -0.4 is 10.5 Å². The van der Waals surface area contributed by atoms with Crippen LogP contribution in [0.5, 0.6) is 5.75 Å². The Morgan fingerprint density at radius 2 is 1.97 bits per heavy atom. The molecule has 9 nitrogen and oxygen atoms in total. The molecule has 1 fully saturated rings. The van der Waals surface area contributed by atoms with Crippen LogP contribution in [-0.4, -0.2) is 63.6 Å². The molecule has 3 aromatic rings. The van der Waals surface area contributed by atoms with Crippen molar-refractivity contribution in [3.63, 3.8) is 0 Å². The lowest BCUT2D eigenvalue weighted by Gasteiger charge is -2.42. The number of nitrogens with zero attached hydrogens (tertiary/aromatic N) is 4. The molecule has 0 saturated carbocycles. The molecule has 1 aromatic heterocycles. The van der Waals surface area contributed by atoms with Gasteiger partial charge in [-0.15, -0.1) is 5.10 Å². The smallest absolute Gasteiger partial charge is 0.224 e. The van der Waals surface area contributed by atoms with Crippen LogP contribution in [0.25, 0.3) is 11.0 Å². The van der Waals surface area contributed by atoms with Crippen LogP contribution in [0.3, 0.4) is 0 Å². The fourth-order valence-electron chi connectivity index (χ4n) is 3.81. The van der Waals surface area contributed by atoms with Crippen LogP contribution in [0.4, 0.5) is 0 Å². The first kappa shape index (κ1) is 22.0. The van der Waals surface area contributed by atoms with Crippen molar-refractivity contribution >= 4 is 34.4 Å². The van der Waals surface area contributed by atoms with Crippen LogP contribution in [0.15, 0.2) is 48.5 Å². The maximum atomic E-state index is 13.0. The van der Waals surface area contributed by atoms with E-state index in [0.29, 0.717) is 23.9 Å². The molecule has 1 aliphatic heterocycles. The van der Waals surface area contributed by atoms with Crippen molar-refractivity contribution < 1.29 is 19.1 Å². The average molecular weight is 458 g/mol. The molecule has 168 valence electrons. The lowest BCUT2D eigenvalue weighted by atomic mass is 9.97. The van der Waals surface area contributed by atoms with Crippen LogP contribution in [0, 0.1) is 0 Å². The third kappa shape index (κ3) is 5.17. The van der Waals surface area contributed by atoms with E-state index in [1.165, 1.54) is 0 Å². The summed E-state index contributed by atoms with van der Waals surface area (Å²) in [7, 11) is 0. The van der Waals surface area contributed by atoms with Gasteiger partial charge in [-0.2, -0.15) is 0 Å². The van der Waals surface area contributed by atoms with Gasteiger partial charge in [0.1, 0.15) is 23.5 Å². The summed E-state index contributed by atoms with van der Waals surface area (Å²) in [6.07, 6.45) is 0.191. The molecule has 2 heterocycles. The fraction of sp³-hybridized carbons (Fsp3) is 0.364. The maximum absolute atomic E-state index is 13.0. The maximum Gasteiger partial charge on any atom is 0.224 e. The van der Waals surface area contributed by atoms with Crippen molar-refractivity contribution in [1.29, 1.82) is 0 Å². The molecule has 0 bridgehead atoms. The van der Waals surface area contributed by atoms with Crippen LogP contribution in [0.2, 0.25) is 5.02 Å². The number of hydrogen-bond acceptors (Lipinski definition) is 6. The van der Waals surface area contributed by atoms with Crippen molar-refractivity contribution in [3.8, 4) is 5.75 Å². The van der Waals surface area contributed by atoms with Crippen LogP contribution in [0.1, 0.15) is 12.8 Å². The quantitative estimate of drug-likeness (QED) is 0.553. The lowest BCUT2D eigenvalue weighted by molar-refractivity contribution is -0.161. The first-order chi connectivity index (χ1) is 15.4. The van der Waals surface area contributed by atoms with E-state index in [9.17, 15) is 9.59 Å². The Labute approximate surface area is 190 Å². The highest BCUT2D eigenvalue weighted by Gasteiger charge is 2.40. The number of primary amides is 1. The van der Waals surface area contributed by atoms with Gasteiger partial charge in [-0.1, -0.05) is 28.9 Å². The van der Waals surface area contributed by atoms with Crippen LogP contribution >= 0.6 is 11.6 Å². The Bertz CT molecular complexity index is 1100. The molecule has 32 heavy (non-hydrogen) atoms. The molecule has 0 spiro atoms. The molecule has 1 aliphatic rings. The SMILES string of the molecule is NC(=O)C[C@@]1(COc2ccc(Cl)cc2)CN(C(=O)CCn2nnc3ccccc32)CCO1. The Morgan fingerprint density at radius 3 is 2.75 bits per heavy atom. The summed E-state index contributed by atoms with van der Waals surface area (Å²) in [6, 6.07) is 14.5. The van der Waals surface area contributed by atoms with E-state index in [1.54, 1.807) is 33.8 Å². The van der Waals surface area contributed by atoms with Gasteiger partial charge in [-0.25, -0.2) is 4.68 Å². The highest BCUT2D eigenvalue weighted by Crippen LogP contribution is 2.25. The van der Waals surface area contributed by atoms with Crippen molar-refractivity contribution in [3.05, 3.63) is 53.6 Å². The fourth-order valence-corrected chi connectivity index (χ4v) is 3.93. The van der Waals surface area contributed by atoms with E-state index in [-0.39, 0.29) is 38.5 Å². The molecule has 2 amide bonds. The first-order valence-electron chi connectivity index (χ1n) is 10.3. The summed E-state index contributed by atoms with van der Waals surface area (Å²) in [4.78, 5) is 26.4. The van der Waals surface area contributed by atoms with E-state index in [1.807, 2.05) is 24.3 Å². The zero-order valence-corrected chi connectivity index (χ0v) is 18.2. The van der Waals surface area contributed by atoms with E-state index in [2.05, 4.69) is 10.3 Å². The molecule has 1 saturated heterocycles. The van der Waals surface area contributed by atoms with Gasteiger partial charge in [0, 0.05) is 18.0 Å². The number of amides is 2. The number of nitrogens with two attached hydrogens (primary N) is 1. The van der Waals surface area contributed by atoms with Crippen molar-refractivity contribution in [2.45, 2.75) is 25.0 Å². The summed E-state index contributed by atoms with van der Waals surface area (Å²) in [5, 5.41) is 8.84. The summed E-state index contributed by atoms with van der Waals surface area (Å²) < 4.78 is 13.5. The van der Waals surface area contributed by atoms with E-state index in [0.717, 1.165) is 11.0 Å². The predicted octanol–water partition coefficient (Wildman–Crippen LogP) is 2.03. The number of halogens is 1. The summed E-state index contributed by atoms with van der Waals surface area (Å²) >= 11 is 5.91. The number of aryl methyl sites for hydroxylation is 1. The van der Waals surface area contributed by atoms with E-state index in [4.69, 9.17) is 26.8 Å². The van der Waals surface area contributed by atoms with Gasteiger partial charge in [0.2, 0.25) is 11.8 Å².